The number of carbonyl (C=O) groups excluding carboxylic acids is 2. The topological polar surface area (TPSA) is 64.1 Å². The highest BCUT2D eigenvalue weighted by Gasteiger charge is 2.47. The van der Waals surface area contributed by atoms with Crippen molar-refractivity contribution in [2.75, 3.05) is 44.7 Å². The molecule has 152 valence electrons. The summed E-state index contributed by atoms with van der Waals surface area (Å²) in [4.78, 5) is 31.5. The van der Waals surface area contributed by atoms with Crippen LogP contribution < -0.4 is 4.90 Å². The van der Waals surface area contributed by atoms with Gasteiger partial charge in [-0.15, -0.1) is 0 Å². The van der Waals surface area contributed by atoms with Crippen molar-refractivity contribution in [2.45, 2.75) is 45.1 Å². The number of aryl methyl sites for hydroxylation is 2. The van der Waals surface area contributed by atoms with Crippen LogP contribution in [0.2, 0.25) is 0 Å². The van der Waals surface area contributed by atoms with Gasteiger partial charge in [0.15, 0.2) is 0 Å². The van der Waals surface area contributed by atoms with Crippen molar-refractivity contribution in [1.29, 1.82) is 0 Å². The first-order valence-corrected chi connectivity index (χ1v) is 10.4. The summed E-state index contributed by atoms with van der Waals surface area (Å²) in [5.74, 6) is 0.303. The van der Waals surface area contributed by atoms with Crippen LogP contribution in [0.5, 0.6) is 0 Å². The first-order chi connectivity index (χ1) is 13.4. The molecule has 6 nitrogen and oxygen atoms in total. The number of carbonyl (C=O) groups is 2. The molecular formula is C22H31N3O3. The Morgan fingerprint density at radius 1 is 1.25 bits per heavy atom. The van der Waals surface area contributed by atoms with Crippen molar-refractivity contribution in [3.05, 3.63) is 29.3 Å². The zero-order valence-electron chi connectivity index (χ0n) is 17.0. The van der Waals surface area contributed by atoms with Gasteiger partial charge in [-0.05, 0) is 63.7 Å². The molecule has 2 amide bonds. The third-order valence-corrected chi connectivity index (χ3v) is 6.74. The van der Waals surface area contributed by atoms with Crippen molar-refractivity contribution in [2.24, 2.45) is 5.41 Å². The predicted molar refractivity (Wildman–Crippen MR) is 108 cm³/mol. The molecule has 3 heterocycles. The van der Waals surface area contributed by atoms with Gasteiger partial charge in [-0.2, -0.15) is 0 Å². The number of hydrogen-bond acceptors (Lipinski definition) is 4. The minimum atomic E-state index is -0.443. The van der Waals surface area contributed by atoms with Gasteiger partial charge in [-0.1, -0.05) is 17.7 Å². The van der Waals surface area contributed by atoms with Gasteiger partial charge in [0.25, 0.3) is 0 Å². The molecule has 0 bridgehead atoms. The molecule has 4 rings (SSSR count). The molecule has 1 aromatic carbocycles. The van der Waals surface area contributed by atoms with E-state index >= 15 is 0 Å². The molecule has 0 aromatic heterocycles. The second-order valence-electron chi connectivity index (χ2n) is 8.88. The fourth-order valence-electron chi connectivity index (χ4n) is 5.23. The zero-order valence-corrected chi connectivity index (χ0v) is 17.0. The van der Waals surface area contributed by atoms with Crippen LogP contribution in [-0.2, 0) is 16.0 Å². The van der Waals surface area contributed by atoms with E-state index in [2.05, 4.69) is 30.0 Å². The van der Waals surface area contributed by atoms with Gasteiger partial charge in [-0.3, -0.25) is 14.5 Å². The van der Waals surface area contributed by atoms with E-state index in [0.29, 0.717) is 19.5 Å². The summed E-state index contributed by atoms with van der Waals surface area (Å²) in [5.41, 5.74) is 3.12. The van der Waals surface area contributed by atoms with E-state index in [1.165, 1.54) is 11.1 Å². The smallest absolute Gasteiger partial charge is 0.241 e. The van der Waals surface area contributed by atoms with Crippen LogP contribution in [0.25, 0.3) is 0 Å². The molecule has 3 aliphatic heterocycles. The fraction of sp³-hybridized carbons (Fsp3) is 0.636. The van der Waals surface area contributed by atoms with Crippen LogP contribution in [-0.4, -0.2) is 72.6 Å². The molecule has 2 fully saturated rings. The summed E-state index contributed by atoms with van der Waals surface area (Å²) < 4.78 is 0. The highest BCUT2D eigenvalue weighted by atomic mass is 16.3. The number of fused-ring (bicyclic) bond motifs is 1. The molecule has 2 saturated heterocycles. The SMILES string of the molecule is Cc1ccc2c(c1)CCCN2C(=O)CN1CCC2(CC1)CC(O)CN(C)C2=O. The van der Waals surface area contributed by atoms with Gasteiger partial charge in [0.1, 0.15) is 0 Å². The minimum absolute atomic E-state index is 0.146. The average Bonchev–Trinajstić information content (AvgIpc) is 2.67. The van der Waals surface area contributed by atoms with E-state index in [9.17, 15) is 14.7 Å². The molecular weight excluding hydrogens is 354 g/mol. The Balaban J connectivity index is 1.39. The second-order valence-corrected chi connectivity index (χ2v) is 8.88. The Hall–Kier alpha value is -1.92. The summed E-state index contributed by atoms with van der Waals surface area (Å²) >= 11 is 0. The van der Waals surface area contributed by atoms with E-state index < -0.39 is 11.5 Å². The van der Waals surface area contributed by atoms with E-state index in [0.717, 1.165) is 51.0 Å². The molecule has 1 N–H and O–H groups in total. The Labute approximate surface area is 167 Å². The first-order valence-electron chi connectivity index (χ1n) is 10.4. The number of piperidine rings is 2. The number of hydrogen-bond donors (Lipinski definition) is 1. The van der Waals surface area contributed by atoms with Crippen LogP contribution in [0.3, 0.4) is 0 Å². The molecule has 1 aromatic rings. The molecule has 6 heteroatoms. The van der Waals surface area contributed by atoms with Gasteiger partial charge >= 0.3 is 0 Å². The summed E-state index contributed by atoms with van der Waals surface area (Å²) in [7, 11) is 1.78. The van der Waals surface area contributed by atoms with Crippen molar-refractivity contribution >= 4 is 17.5 Å². The lowest BCUT2D eigenvalue weighted by Crippen LogP contribution is -2.57. The molecule has 1 spiro atoms. The molecule has 3 aliphatic rings. The van der Waals surface area contributed by atoms with Crippen LogP contribution in [0, 0.1) is 12.3 Å². The maximum Gasteiger partial charge on any atom is 0.241 e. The Bertz CT molecular complexity index is 770. The number of aliphatic hydroxyl groups excluding tert-OH is 1. The zero-order chi connectivity index (χ0) is 19.9. The lowest BCUT2D eigenvalue weighted by molar-refractivity contribution is -0.154. The highest BCUT2D eigenvalue weighted by Crippen LogP contribution is 2.40. The number of anilines is 1. The second kappa shape index (κ2) is 7.48. The van der Waals surface area contributed by atoms with E-state index in [4.69, 9.17) is 0 Å². The Morgan fingerprint density at radius 3 is 2.75 bits per heavy atom. The Kier molecular flexibility index (Phi) is 5.19. The standard InChI is InChI=1S/C22H31N3O3/c1-16-5-6-19-17(12-16)4-3-9-25(19)20(27)15-24-10-7-22(8-11-24)13-18(26)14-23(2)21(22)28/h5-6,12,18,26H,3-4,7-11,13-15H2,1-2H3. The molecule has 1 unspecified atom stereocenters. The maximum atomic E-state index is 13.0. The Morgan fingerprint density at radius 2 is 2.00 bits per heavy atom. The number of nitrogens with zero attached hydrogens (tertiary/aromatic N) is 3. The molecule has 28 heavy (non-hydrogen) atoms. The number of likely N-dealkylation sites (N-methyl/N-ethyl adjacent to an activating group) is 1. The molecule has 0 saturated carbocycles. The van der Waals surface area contributed by atoms with Gasteiger partial charge in [0, 0.05) is 25.8 Å². The van der Waals surface area contributed by atoms with Crippen LogP contribution in [0.4, 0.5) is 5.69 Å². The average molecular weight is 386 g/mol. The van der Waals surface area contributed by atoms with Crippen molar-refractivity contribution in [1.82, 2.24) is 9.80 Å². The summed E-state index contributed by atoms with van der Waals surface area (Å²) in [5, 5.41) is 10.1. The molecule has 1 atom stereocenters. The van der Waals surface area contributed by atoms with Crippen LogP contribution >= 0.6 is 0 Å². The van der Waals surface area contributed by atoms with E-state index in [1.807, 2.05) is 4.90 Å². The number of amides is 2. The number of benzene rings is 1. The largest absolute Gasteiger partial charge is 0.391 e. The van der Waals surface area contributed by atoms with Gasteiger partial charge in [-0.25, -0.2) is 0 Å². The summed E-state index contributed by atoms with van der Waals surface area (Å²) in [6.07, 6.45) is 3.59. The van der Waals surface area contributed by atoms with Gasteiger partial charge in [0.2, 0.25) is 11.8 Å². The van der Waals surface area contributed by atoms with Crippen LogP contribution in [0.1, 0.15) is 36.8 Å². The molecule has 0 aliphatic carbocycles. The third kappa shape index (κ3) is 3.55. The number of aliphatic hydroxyl groups is 1. The lowest BCUT2D eigenvalue weighted by Gasteiger charge is -2.47. The van der Waals surface area contributed by atoms with E-state index in [-0.39, 0.29) is 11.8 Å². The number of rotatable bonds is 2. The highest BCUT2D eigenvalue weighted by molar-refractivity contribution is 5.96. The van der Waals surface area contributed by atoms with E-state index in [1.54, 1.807) is 11.9 Å². The minimum Gasteiger partial charge on any atom is -0.391 e. The van der Waals surface area contributed by atoms with Crippen molar-refractivity contribution < 1.29 is 14.7 Å². The number of likely N-dealkylation sites (tertiary alicyclic amines) is 2. The number of β-amino-alcohol motifs (C(OH)–C–C–N with tert-alkyl or cyclic N) is 1. The maximum absolute atomic E-state index is 13.0. The predicted octanol–water partition coefficient (Wildman–Crippen LogP) is 1.58. The molecule has 0 radical (unpaired) electrons. The van der Waals surface area contributed by atoms with Crippen molar-refractivity contribution in [3.8, 4) is 0 Å². The first kappa shape index (κ1) is 19.4. The summed E-state index contributed by atoms with van der Waals surface area (Å²) in [6.45, 7) is 5.15. The quantitative estimate of drug-likeness (QED) is 0.840. The summed E-state index contributed by atoms with van der Waals surface area (Å²) in [6, 6.07) is 6.34. The van der Waals surface area contributed by atoms with Gasteiger partial charge in [0.05, 0.1) is 18.1 Å². The monoisotopic (exact) mass is 385 g/mol. The van der Waals surface area contributed by atoms with Crippen molar-refractivity contribution in [3.63, 3.8) is 0 Å². The van der Waals surface area contributed by atoms with Crippen LogP contribution in [0.15, 0.2) is 18.2 Å². The lowest BCUT2D eigenvalue weighted by atomic mass is 9.71. The third-order valence-electron chi connectivity index (χ3n) is 6.74. The fourth-order valence-corrected chi connectivity index (χ4v) is 5.23. The van der Waals surface area contributed by atoms with Gasteiger partial charge < -0.3 is 14.9 Å². The normalized spacial score (nSPS) is 25.1.